The van der Waals surface area contributed by atoms with Crippen LogP contribution in [-0.4, -0.2) is 26.9 Å². The van der Waals surface area contributed by atoms with E-state index in [2.05, 4.69) is 19.9 Å². The topological polar surface area (TPSA) is 68.1 Å². The van der Waals surface area contributed by atoms with Crippen LogP contribution < -0.4 is 0 Å². The van der Waals surface area contributed by atoms with Gasteiger partial charge in [-0.1, -0.05) is 24.3 Å². The average Bonchev–Trinajstić information content (AvgIpc) is 3.31. The summed E-state index contributed by atoms with van der Waals surface area (Å²) in [4.78, 5) is 30.2. The minimum Gasteiger partial charge on any atom is -0.294 e. The molecule has 0 fully saturated rings. The second kappa shape index (κ2) is 8.78. The van der Waals surface area contributed by atoms with Crippen molar-refractivity contribution in [3.63, 3.8) is 0 Å². The van der Waals surface area contributed by atoms with Crippen molar-refractivity contribution in [3.8, 4) is 11.3 Å². The quantitative estimate of drug-likeness (QED) is 0.392. The lowest BCUT2D eigenvalue weighted by Gasteiger charge is -2.11. The van der Waals surface area contributed by atoms with Crippen molar-refractivity contribution in [3.05, 3.63) is 107 Å². The molecule has 5 rings (SSSR count). The molecule has 7 heteroatoms. The molecular weight excluding hydrogens is 422 g/mol. The van der Waals surface area contributed by atoms with E-state index in [0.717, 1.165) is 34.3 Å². The standard InChI is InChI=1S/C26H18F2N4O/c27-19-4-1-3-17(13-19)24(33)14-18-11-16(6-7-21(18)28)12-23-20(5-2-9-29-23)25-26-22(8-10-30-26)31-15-32-25/h1-7,9-11,13,15H,8,12,14H2. The molecule has 0 radical (unpaired) electrons. The van der Waals surface area contributed by atoms with E-state index in [9.17, 15) is 13.6 Å². The Labute approximate surface area is 188 Å². The number of rotatable bonds is 6. The number of benzene rings is 2. The Morgan fingerprint density at radius 3 is 2.76 bits per heavy atom. The molecule has 33 heavy (non-hydrogen) atoms. The van der Waals surface area contributed by atoms with E-state index in [1.165, 1.54) is 30.6 Å². The van der Waals surface area contributed by atoms with Gasteiger partial charge in [0.15, 0.2) is 5.78 Å². The number of halogens is 2. The number of pyridine rings is 1. The summed E-state index contributed by atoms with van der Waals surface area (Å²) >= 11 is 0. The molecule has 5 nitrogen and oxygen atoms in total. The van der Waals surface area contributed by atoms with Gasteiger partial charge in [0.25, 0.3) is 0 Å². The number of ketones is 1. The summed E-state index contributed by atoms with van der Waals surface area (Å²) in [7, 11) is 0. The number of aromatic nitrogens is 3. The van der Waals surface area contributed by atoms with Crippen LogP contribution in [0.2, 0.25) is 0 Å². The molecule has 2 aromatic carbocycles. The zero-order chi connectivity index (χ0) is 22.8. The van der Waals surface area contributed by atoms with Gasteiger partial charge in [0, 0.05) is 42.8 Å². The maximum Gasteiger partial charge on any atom is 0.167 e. The van der Waals surface area contributed by atoms with Crippen LogP contribution in [0.5, 0.6) is 0 Å². The fourth-order valence-electron chi connectivity index (χ4n) is 3.92. The summed E-state index contributed by atoms with van der Waals surface area (Å²) in [6.07, 6.45) is 5.95. The monoisotopic (exact) mass is 440 g/mol. The number of fused-ring (bicyclic) bond motifs is 1. The van der Waals surface area contributed by atoms with Crippen LogP contribution in [0.1, 0.15) is 32.9 Å². The molecule has 2 aromatic heterocycles. The molecule has 162 valence electrons. The van der Waals surface area contributed by atoms with Crippen LogP contribution in [0.3, 0.4) is 0 Å². The van der Waals surface area contributed by atoms with Crippen LogP contribution in [0.15, 0.2) is 72.1 Å². The number of carbonyl (C=O) groups excluding carboxylic acids is 1. The highest BCUT2D eigenvalue weighted by molar-refractivity contribution is 5.97. The minimum absolute atomic E-state index is 0.160. The summed E-state index contributed by atoms with van der Waals surface area (Å²) < 4.78 is 27.9. The Balaban J connectivity index is 1.44. The highest BCUT2D eigenvalue weighted by Gasteiger charge is 2.19. The van der Waals surface area contributed by atoms with Crippen LogP contribution >= 0.6 is 0 Å². The predicted octanol–water partition coefficient (Wildman–Crippen LogP) is 5.09. The van der Waals surface area contributed by atoms with Crippen molar-refractivity contribution in [2.45, 2.75) is 19.3 Å². The number of Topliss-reactive ketones (excluding diaryl/α,β-unsaturated/α-hetero) is 1. The summed E-state index contributed by atoms with van der Waals surface area (Å²) in [6.45, 7) is 0. The molecule has 0 unspecified atom stereocenters. The molecule has 0 atom stereocenters. The first-order valence-corrected chi connectivity index (χ1v) is 10.5. The zero-order valence-electron chi connectivity index (χ0n) is 17.5. The van der Waals surface area contributed by atoms with Crippen molar-refractivity contribution in [2.24, 2.45) is 4.99 Å². The van der Waals surface area contributed by atoms with Gasteiger partial charge in [-0.25, -0.2) is 18.7 Å². The van der Waals surface area contributed by atoms with Gasteiger partial charge in [-0.3, -0.25) is 14.8 Å². The van der Waals surface area contributed by atoms with E-state index < -0.39 is 11.6 Å². The number of aliphatic imine (C=N–C) groups is 1. The molecular formula is C26H18F2N4O. The first kappa shape index (κ1) is 20.8. The minimum atomic E-state index is -0.502. The molecule has 0 N–H and O–H groups in total. The van der Waals surface area contributed by atoms with Crippen molar-refractivity contribution in [1.82, 2.24) is 15.0 Å². The maximum atomic E-state index is 14.5. The van der Waals surface area contributed by atoms with E-state index >= 15 is 0 Å². The van der Waals surface area contributed by atoms with Crippen LogP contribution in [-0.2, 0) is 19.3 Å². The number of hydrogen-bond donors (Lipinski definition) is 0. The SMILES string of the molecule is O=C(Cc1cc(Cc2ncccc2-c2ncnc3c2N=CC3)ccc1F)c1cccc(F)c1. The maximum absolute atomic E-state index is 14.5. The Morgan fingerprint density at radius 2 is 1.88 bits per heavy atom. The van der Waals surface area contributed by atoms with Gasteiger partial charge in [0.05, 0.1) is 11.4 Å². The molecule has 0 saturated carbocycles. The highest BCUT2D eigenvalue weighted by Crippen LogP contribution is 2.34. The molecule has 0 bridgehead atoms. The van der Waals surface area contributed by atoms with Crippen molar-refractivity contribution < 1.29 is 13.6 Å². The molecule has 0 saturated heterocycles. The van der Waals surface area contributed by atoms with Gasteiger partial charge in [-0.15, -0.1) is 0 Å². The zero-order valence-corrected chi connectivity index (χ0v) is 17.5. The Hall–Kier alpha value is -4.13. The van der Waals surface area contributed by atoms with Crippen molar-refractivity contribution in [1.29, 1.82) is 0 Å². The third kappa shape index (κ3) is 4.30. The second-order valence-electron chi connectivity index (χ2n) is 7.74. The van der Waals surface area contributed by atoms with Crippen LogP contribution in [0.25, 0.3) is 11.3 Å². The Morgan fingerprint density at radius 1 is 0.970 bits per heavy atom. The fraction of sp³-hybridized carbons (Fsp3) is 0.115. The predicted molar refractivity (Wildman–Crippen MR) is 121 cm³/mol. The number of carbonyl (C=O) groups is 1. The van der Waals surface area contributed by atoms with E-state index in [-0.39, 0.29) is 23.3 Å². The van der Waals surface area contributed by atoms with E-state index in [1.807, 2.05) is 12.1 Å². The van der Waals surface area contributed by atoms with Gasteiger partial charge >= 0.3 is 0 Å². The molecule has 0 amide bonds. The van der Waals surface area contributed by atoms with E-state index in [0.29, 0.717) is 18.5 Å². The number of nitrogens with zero attached hydrogens (tertiary/aromatic N) is 4. The molecule has 0 spiro atoms. The summed E-state index contributed by atoms with van der Waals surface area (Å²) in [5.41, 5.74) is 5.18. The van der Waals surface area contributed by atoms with Gasteiger partial charge in [-0.05, 0) is 41.5 Å². The van der Waals surface area contributed by atoms with E-state index in [4.69, 9.17) is 0 Å². The van der Waals surface area contributed by atoms with Crippen LogP contribution in [0, 0.1) is 11.6 Å². The van der Waals surface area contributed by atoms with Crippen molar-refractivity contribution >= 4 is 17.7 Å². The summed E-state index contributed by atoms with van der Waals surface area (Å²) in [5.74, 6) is -1.33. The lowest BCUT2D eigenvalue weighted by Crippen LogP contribution is -2.07. The largest absolute Gasteiger partial charge is 0.294 e. The summed E-state index contributed by atoms with van der Waals surface area (Å²) in [6, 6.07) is 13.9. The lowest BCUT2D eigenvalue weighted by molar-refractivity contribution is 0.0991. The molecule has 1 aliphatic rings. The first-order valence-electron chi connectivity index (χ1n) is 10.5. The average molecular weight is 440 g/mol. The molecule has 0 aliphatic carbocycles. The Bertz CT molecular complexity index is 1400. The van der Waals surface area contributed by atoms with Crippen LogP contribution in [0.4, 0.5) is 14.5 Å². The second-order valence-corrected chi connectivity index (χ2v) is 7.74. The molecule has 1 aliphatic heterocycles. The Kier molecular flexibility index (Phi) is 5.52. The molecule has 3 heterocycles. The molecule has 4 aromatic rings. The van der Waals surface area contributed by atoms with Gasteiger partial charge < -0.3 is 0 Å². The third-order valence-corrected chi connectivity index (χ3v) is 5.53. The highest BCUT2D eigenvalue weighted by atomic mass is 19.1. The summed E-state index contributed by atoms with van der Waals surface area (Å²) in [5, 5.41) is 0. The fourth-order valence-corrected chi connectivity index (χ4v) is 3.92. The van der Waals surface area contributed by atoms with Gasteiger partial charge in [-0.2, -0.15) is 0 Å². The van der Waals surface area contributed by atoms with Gasteiger partial charge in [0.2, 0.25) is 0 Å². The number of hydrogen-bond acceptors (Lipinski definition) is 5. The first-order chi connectivity index (χ1) is 16.1. The van der Waals surface area contributed by atoms with Crippen molar-refractivity contribution in [2.75, 3.05) is 0 Å². The lowest BCUT2D eigenvalue weighted by atomic mass is 9.97. The normalized spacial score (nSPS) is 12.1. The third-order valence-electron chi connectivity index (χ3n) is 5.53. The smallest absolute Gasteiger partial charge is 0.167 e. The van der Waals surface area contributed by atoms with E-state index in [1.54, 1.807) is 24.5 Å². The van der Waals surface area contributed by atoms with Gasteiger partial charge in [0.1, 0.15) is 29.3 Å².